The predicted octanol–water partition coefficient (Wildman–Crippen LogP) is 3.85. The van der Waals surface area contributed by atoms with Gasteiger partial charge in [-0.15, -0.1) is 0 Å². The van der Waals surface area contributed by atoms with Crippen LogP contribution in [0.5, 0.6) is 0 Å². The summed E-state index contributed by atoms with van der Waals surface area (Å²) in [6, 6.07) is 16.7. The summed E-state index contributed by atoms with van der Waals surface area (Å²) in [5.41, 5.74) is 2.77. The summed E-state index contributed by atoms with van der Waals surface area (Å²) in [7, 11) is 0. The van der Waals surface area contributed by atoms with Crippen molar-refractivity contribution in [1.29, 1.82) is 0 Å². The molecule has 124 valence electrons. The lowest BCUT2D eigenvalue weighted by atomic mass is 10.0. The zero-order chi connectivity index (χ0) is 17.4. The third-order valence-electron chi connectivity index (χ3n) is 4.20. The van der Waals surface area contributed by atoms with Crippen molar-refractivity contribution in [2.24, 2.45) is 0 Å². The van der Waals surface area contributed by atoms with E-state index >= 15 is 0 Å². The molecule has 0 radical (unpaired) electrons. The first-order valence-corrected chi connectivity index (χ1v) is 8.10. The van der Waals surface area contributed by atoms with Gasteiger partial charge in [0.05, 0.1) is 17.5 Å². The molecule has 0 amide bonds. The molecule has 0 saturated heterocycles. The fraction of sp³-hybridized carbons (Fsp3) is 0.100. The highest BCUT2D eigenvalue weighted by Gasteiger charge is 2.23. The summed E-state index contributed by atoms with van der Waals surface area (Å²) in [5.74, 6) is -0.477. The quantitative estimate of drug-likeness (QED) is 0.560. The van der Waals surface area contributed by atoms with Gasteiger partial charge in [0, 0.05) is 10.9 Å². The van der Waals surface area contributed by atoms with E-state index in [1.54, 1.807) is 13.0 Å². The van der Waals surface area contributed by atoms with Gasteiger partial charge in [0.1, 0.15) is 11.3 Å². The van der Waals surface area contributed by atoms with Gasteiger partial charge in [-0.25, -0.2) is 4.79 Å². The molecule has 0 bridgehead atoms. The molecule has 0 spiro atoms. The molecule has 2 heterocycles. The Morgan fingerprint density at radius 1 is 1.00 bits per heavy atom. The maximum absolute atomic E-state index is 13.1. The largest absolute Gasteiger partial charge is 0.461 e. The molecule has 5 heteroatoms. The number of fused-ring (bicyclic) bond motifs is 2. The van der Waals surface area contributed by atoms with Gasteiger partial charge in [0.25, 0.3) is 0 Å². The molecule has 2 aromatic heterocycles. The Bertz CT molecular complexity index is 1140. The monoisotopic (exact) mass is 332 g/mol. The van der Waals surface area contributed by atoms with Crippen LogP contribution in [0, 0.1) is 0 Å². The molecule has 0 saturated carbocycles. The normalized spacial score (nSPS) is 11.1. The zero-order valence-corrected chi connectivity index (χ0v) is 13.6. The first-order valence-electron chi connectivity index (χ1n) is 8.10. The van der Waals surface area contributed by atoms with Crippen LogP contribution in [0.25, 0.3) is 33.1 Å². The van der Waals surface area contributed by atoms with Crippen LogP contribution in [0.1, 0.15) is 17.4 Å². The minimum Gasteiger partial charge on any atom is -0.461 e. The van der Waals surface area contributed by atoms with E-state index in [1.165, 1.54) is 0 Å². The number of hydrogen-bond acceptors (Lipinski definition) is 3. The first kappa shape index (κ1) is 15.2. The van der Waals surface area contributed by atoms with E-state index in [9.17, 15) is 9.59 Å². The van der Waals surface area contributed by atoms with Gasteiger partial charge in [0.15, 0.2) is 5.43 Å². The number of nitrogens with one attached hydrogen (secondary N) is 2. The Morgan fingerprint density at radius 3 is 2.48 bits per heavy atom. The number of benzene rings is 2. The SMILES string of the molecule is CCOC(=O)c1[nH]c2[nH]c3ccccc3c(=O)c2c1-c1ccccc1. The number of aromatic nitrogens is 2. The Kier molecular flexibility index (Phi) is 3.61. The molecule has 4 rings (SSSR count). The number of para-hydroxylation sites is 1. The standard InChI is InChI=1S/C20H16N2O3/c1-2-25-20(24)17-15(12-8-4-3-5-9-12)16-18(23)13-10-6-7-11-14(13)21-19(16)22-17/h3-11H,2H2,1H3,(H2,21,22,23). The third-order valence-corrected chi connectivity index (χ3v) is 4.20. The molecule has 0 unspecified atom stereocenters. The number of carbonyl (C=O) groups excluding carboxylic acids is 1. The van der Waals surface area contributed by atoms with E-state index in [1.807, 2.05) is 48.5 Å². The highest BCUT2D eigenvalue weighted by molar-refractivity contribution is 6.09. The number of pyridine rings is 1. The number of ether oxygens (including phenoxy) is 1. The van der Waals surface area contributed by atoms with Crippen LogP contribution < -0.4 is 5.43 Å². The summed E-state index contributed by atoms with van der Waals surface area (Å²) in [6.07, 6.45) is 0. The van der Waals surface area contributed by atoms with Crippen LogP contribution in [0.3, 0.4) is 0 Å². The lowest BCUT2D eigenvalue weighted by Crippen LogP contribution is -2.07. The topological polar surface area (TPSA) is 75.0 Å². The number of rotatable bonds is 3. The Morgan fingerprint density at radius 2 is 1.72 bits per heavy atom. The summed E-state index contributed by atoms with van der Waals surface area (Å²) in [5, 5.41) is 1.05. The van der Waals surface area contributed by atoms with E-state index in [2.05, 4.69) is 9.97 Å². The number of carbonyl (C=O) groups is 1. The maximum atomic E-state index is 13.1. The molecule has 5 nitrogen and oxygen atoms in total. The number of aromatic amines is 2. The summed E-state index contributed by atoms with van der Waals surface area (Å²) < 4.78 is 5.17. The Hall–Kier alpha value is -3.34. The molecule has 0 fully saturated rings. The third kappa shape index (κ3) is 2.41. The van der Waals surface area contributed by atoms with E-state index in [-0.39, 0.29) is 17.7 Å². The molecule has 25 heavy (non-hydrogen) atoms. The van der Waals surface area contributed by atoms with Crippen LogP contribution in [-0.2, 0) is 4.74 Å². The molecule has 0 aliphatic carbocycles. The average Bonchev–Trinajstić information content (AvgIpc) is 3.03. The second kappa shape index (κ2) is 5.94. The van der Waals surface area contributed by atoms with Gasteiger partial charge < -0.3 is 14.7 Å². The lowest BCUT2D eigenvalue weighted by molar-refractivity contribution is 0.0521. The second-order valence-corrected chi connectivity index (χ2v) is 5.71. The van der Waals surface area contributed by atoms with E-state index < -0.39 is 5.97 Å². The smallest absolute Gasteiger partial charge is 0.355 e. The number of hydrogen-bond donors (Lipinski definition) is 2. The van der Waals surface area contributed by atoms with Crippen molar-refractivity contribution >= 4 is 27.9 Å². The van der Waals surface area contributed by atoms with Crippen molar-refractivity contribution in [3.05, 3.63) is 70.5 Å². The Balaban J connectivity index is 2.14. The minimum atomic E-state index is -0.477. The highest BCUT2D eigenvalue weighted by Crippen LogP contribution is 2.31. The second-order valence-electron chi connectivity index (χ2n) is 5.71. The van der Waals surface area contributed by atoms with E-state index in [4.69, 9.17) is 4.74 Å². The predicted molar refractivity (Wildman–Crippen MR) is 97.8 cm³/mol. The van der Waals surface area contributed by atoms with E-state index in [0.29, 0.717) is 22.0 Å². The minimum absolute atomic E-state index is 0.116. The van der Waals surface area contributed by atoms with Crippen LogP contribution in [0.15, 0.2) is 59.4 Å². The Labute approximate surface area is 143 Å². The molecule has 2 aromatic carbocycles. The van der Waals surface area contributed by atoms with Crippen molar-refractivity contribution in [2.75, 3.05) is 6.61 Å². The fourth-order valence-corrected chi connectivity index (χ4v) is 3.13. The van der Waals surface area contributed by atoms with Gasteiger partial charge in [-0.3, -0.25) is 4.79 Å². The van der Waals surface area contributed by atoms with Crippen LogP contribution in [0.2, 0.25) is 0 Å². The van der Waals surface area contributed by atoms with Gasteiger partial charge in [-0.1, -0.05) is 42.5 Å². The van der Waals surface area contributed by atoms with Gasteiger partial charge >= 0.3 is 5.97 Å². The molecule has 0 aliphatic rings. The first-order chi connectivity index (χ1) is 12.2. The van der Waals surface area contributed by atoms with Crippen LogP contribution in [0.4, 0.5) is 0 Å². The van der Waals surface area contributed by atoms with Crippen molar-refractivity contribution in [3.63, 3.8) is 0 Å². The molecular weight excluding hydrogens is 316 g/mol. The van der Waals surface area contributed by atoms with Crippen molar-refractivity contribution < 1.29 is 9.53 Å². The van der Waals surface area contributed by atoms with Gasteiger partial charge in [0.2, 0.25) is 0 Å². The summed E-state index contributed by atoms with van der Waals surface area (Å²) in [4.78, 5) is 31.8. The maximum Gasteiger partial charge on any atom is 0.355 e. The lowest BCUT2D eigenvalue weighted by Gasteiger charge is -2.05. The molecule has 4 aromatic rings. The summed E-state index contributed by atoms with van der Waals surface area (Å²) in [6.45, 7) is 2.01. The van der Waals surface area contributed by atoms with E-state index in [0.717, 1.165) is 11.1 Å². The average molecular weight is 332 g/mol. The van der Waals surface area contributed by atoms with Crippen LogP contribution >= 0.6 is 0 Å². The van der Waals surface area contributed by atoms with Crippen molar-refractivity contribution in [1.82, 2.24) is 9.97 Å². The number of esters is 1. The van der Waals surface area contributed by atoms with Crippen molar-refractivity contribution in [3.8, 4) is 11.1 Å². The molecule has 0 aliphatic heterocycles. The van der Waals surface area contributed by atoms with Gasteiger partial charge in [-0.05, 0) is 24.6 Å². The van der Waals surface area contributed by atoms with Crippen molar-refractivity contribution in [2.45, 2.75) is 6.92 Å². The zero-order valence-electron chi connectivity index (χ0n) is 13.6. The highest BCUT2D eigenvalue weighted by atomic mass is 16.5. The molecule has 0 atom stereocenters. The fourth-order valence-electron chi connectivity index (χ4n) is 3.13. The molecule has 2 N–H and O–H groups in total. The number of H-pyrrole nitrogens is 2. The summed E-state index contributed by atoms with van der Waals surface area (Å²) >= 11 is 0. The van der Waals surface area contributed by atoms with Gasteiger partial charge in [-0.2, -0.15) is 0 Å². The molecular formula is C20H16N2O3. The van der Waals surface area contributed by atoms with Crippen LogP contribution in [-0.4, -0.2) is 22.5 Å².